The quantitative estimate of drug-likeness (QED) is 0.650. The second kappa shape index (κ2) is 4.08. The Morgan fingerprint density at radius 1 is 1.38 bits per heavy atom. The predicted octanol–water partition coefficient (Wildman–Crippen LogP) is 2.48. The van der Waals surface area contributed by atoms with Gasteiger partial charge in [-0.2, -0.15) is 0 Å². The van der Waals surface area contributed by atoms with Crippen molar-refractivity contribution in [2.45, 2.75) is 20.8 Å². The molecule has 0 saturated carbocycles. The first-order valence-corrected chi connectivity index (χ1v) is 4.39. The molecule has 0 bridgehead atoms. The van der Waals surface area contributed by atoms with Gasteiger partial charge >= 0.3 is 5.97 Å². The largest absolute Gasteiger partial charge is 0.462 e. The molecule has 0 spiro atoms. The third-order valence-electron chi connectivity index (χ3n) is 1.89. The summed E-state index contributed by atoms with van der Waals surface area (Å²) in [5, 5.41) is 0. The number of ether oxygens (including phenoxy) is 1. The van der Waals surface area contributed by atoms with Crippen molar-refractivity contribution in [1.29, 1.82) is 0 Å². The Morgan fingerprint density at radius 2 is 2.08 bits per heavy atom. The van der Waals surface area contributed by atoms with Crippen LogP contribution in [-0.4, -0.2) is 12.6 Å². The van der Waals surface area contributed by atoms with Gasteiger partial charge in [-0.25, -0.2) is 4.79 Å². The summed E-state index contributed by atoms with van der Waals surface area (Å²) in [6.07, 6.45) is 0. The van der Waals surface area contributed by atoms with Crippen LogP contribution in [0, 0.1) is 13.8 Å². The molecule has 0 aliphatic carbocycles. The van der Waals surface area contributed by atoms with Gasteiger partial charge in [0.15, 0.2) is 0 Å². The Hall–Kier alpha value is -1.31. The molecule has 0 aromatic heterocycles. The van der Waals surface area contributed by atoms with Gasteiger partial charge in [0.25, 0.3) is 0 Å². The molecule has 1 aromatic rings. The van der Waals surface area contributed by atoms with Gasteiger partial charge in [0, 0.05) is 0 Å². The lowest BCUT2D eigenvalue weighted by Gasteiger charge is -2.05. The summed E-state index contributed by atoms with van der Waals surface area (Å²) < 4.78 is 4.92. The molecular weight excluding hydrogens is 164 g/mol. The summed E-state index contributed by atoms with van der Waals surface area (Å²) in [7, 11) is 0. The molecule has 2 heteroatoms. The summed E-state index contributed by atoms with van der Waals surface area (Å²) in [6.45, 7) is 6.10. The van der Waals surface area contributed by atoms with E-state index in [1.807, 2.05) is 39.0 Å². The van der Waals surface area contributed by atoms with E-state index >= 15 is 0 Å². The number of esters is 1. The summed E-state index contributed by atoms with van der Waals surface area (Å²) in [4.78, 5) is 11.4. The Morgan fingerprint density at radius 3 is 2.69 bits per heavy atom. The molecule has 13 heavy (non-hydrogen) atoms. The molecular formula is C11H14O2. The summed E-state index contributed by atoms with van der Waals surface area (Å²) in [5.41, 5.74) is 2.71. The van der Waals surface area contributed by atoms with Crippen molar-refractivity contribution in [3.8, 4) is 0 Å². The van der Waals surface area contributed by atoms with E-state index in [0.717, 1.165) is 11.1 Å². The van der Waals surface area contributed by atoms with E-state index in [0.29, 0.717) is 12.2 Å². The number of hydrogen-bond donors (Lipinski definition) is 0. The number of aryl methyl sites for hydroxylation is 2. The Labute approximate surface area is 78.5 Å². The molecule has 0 atom stereocenters. The molecule has 70 valence electrons. The van der Waals surface area contributed by atoms with Crippen molar-refractivity contribution in [2.24, 2.45) is 0 Å². The maximum absolute atomic E-state index is 11.4. The molecule has 0 heterocycles. The average molecular weight is 178 g/mol. The molecule has 1 rings (SSSR count). The van der Waals surface area contributed by atoms with Crippen LogP contribution in [0.15, 0.2) is 18.2 Å². The molecule has 0 aliphatic heterocycles. The fourth-order valence-electron chi connectivity index (χ4n) is 1.16. The van der Waals surface area contributed by atoms with Gasteiger partial charge in [-0.1, -0.05) is 17.7 Å². The smallest absolute Gasteiger partial charge is 0.338 e. The lowest BCUT2D eigenvalue weighted by molar-refractivity contribution is 0.0525. The topological polar surface area (TPSA) is 26.3 Å². The zero-order valence-electron chi connectivity index (χ0n) is 8.26. The van der Waals surface area contributed by atoms with Gasteiger partial charge in [0.05, 0.1) is 12.2 Å². The summed E-state index contributed by atoms with van der Waals surface area (Å²) in [5.74, 6) is -0.233. The molecule has 1 aromatic carbocycles. The zero-order valence-corrected chi connectivity index (χ0v) is 8.26. The van der Waals surface area contributed by atoms with Gasteiger partial charge in [-0.3, -0.25) is 0 Å². The minimum absolute atomic E-state index is 0.233. The molecule has 2 nitrogen and oxygen atoms in total. The molecule has 0 aliphatic rings. The fourth-order valence-corrected chi connectivity index (χ4v) is 1.16. The third kappa shape index (κ3) is 2.31. The van der Waals surface area contributed by atoms with E-state index in [-0.39, 0.29) is 5.97 Å². The summed E-state index contributed by atoms with van der Waals surface area (Å²) >= 11 is 0. The minimum Gasteiger partial charge on any atom is -0.462 e. The van der Waals surface area contributed by atoms with Crippen molar-refractivity contribution < 1.29 is 9.53 Å². The maximum Gasteiger partial charge on any atom is 0.338 e. The van der Waals surface area contributed by atoms with Crippen LogP contribution in [0.25, 0.3) is 0 Å². The number of carbonyl (C=O) groups is 1. The fraction of sp³-hybridized carbons (Fsp3) is 0.364. The van der Waals surface area contributed by atoms with Crippen LogP contribution < -0.4 is 0 Å². The number of hydrogen-bond acceptors (Lipinski definition) is 2. The van der Waals surface area contributed by atoms with Gasteiger partial charge in [0.2, 0.25) is 0 Å². The predicted molar refractivity (Wildman–Crippen MR) is 51.9 cm³/mol. The lowest BCUT2D eigenvalue weighted by atomic mass is 10.1. The molecule has 0 unspecified atom stereocenters. The Balaban J connectivity index is 2.99. The van der Waals surface area contributed by atoms with E-state index in [1.54, 1.807) is 0 Å². The highest BCUT2D eigenvalue weighted by molar-refractivity contribution is 5.91. The van der Waals surface area contributed by atoms with Crippen LogP contribution in [0.5, 0.6) is 0 Å². The van der Waals surface area contributed by atoms with Crippen molar-refractivity contribution in [3.63, 3.8) is 0 Å². The molecule has 0 radical (unpaired) electrons. The van der Waals surface area contributed by atoms with Crippen molar-refractivity contribution in [1.82, 2.24) is 0 Å². The lowest BCUT2D eigenvalue weighted by Crippen LogP contribution is -2.06. The van der Waals surface area contributed by atoms with Crippen LogP contribution in [0.4, 0.5) is 0 Å². The van der Waals surface area contributed by atoms with E-state index in [1.165, 1.54) is 0 Å². The van der Waals surface area contributed by atoms with Crippen LogP contribution in [0.3, 0.4) is 0 Å². The van der Waals surface area contributed by atoms with Crippen LogP contribution in [0.2, 0.25) is 0 Å². The Kier molecular flexibility index (Phi) is 3.07. The number of carbonyl (C=O) groups excluding carboxylic acids is 1. The number of rotatable bonds is 2. The normalized spacial score (nSPS) is 9.77. The van der Waals surface area contributed by atoms with Gasteiger partial charge < -0.3 is 4.74 Å². The standard InChI is InChI=1S/C11H14O2/c1-4-13-11(12)10-7-8(2)5-6-9(10)3/h5-7H,4H2,1-3H3. The van der Waals surface area contributed by atoms with E-state index in [2.05, 4.69) is 0 Å². The van der Waals surface area contributed by atoms with Gasteiger partial charge in [-0.05, 0) is 32.4 Å². The van der Waals surface area contributed by atoms with Crippen molar-refractivity contribution in [3.05, 3.63) is 34.9 Å². The monoisotopic (exact) mass is 178 g/mol. The minimum atomic E-state index is -0.233. The van der Waals surface area contributed by atoms with Gasteiger partial charge in [0.1, 0.15) is 0 Å². The highest BCUT2D eigenvalue weighted by Crippen LogP contribution is 2.11. The number of benzene rings is 1. The first kappa shape index (κ1) is 9.78. The Bertz CT molecular complexity index is 316. The van der Waals surface area contributed by atoms with E-state index < -0.39 is 0 Å². The molecule has 0 amide bonds. The van der Waals surface area contributed by atoms with Crippen LogP contribution in [0.1, 0.15) is 28.4 Å². The highest BCUT2D eigenvalue weighted by atomic mass is 16.5. The SMILES string of the molecule is CCOC(=O)c1cc(C)ccc1C. The first-order valence-electron chi connectivity index (χ1n) is 4.39. The molecule has 0 N–H and O–H groups in total. The van der Waals surface area contributed by atoms with E-state index in [9.17, 15) is 4.79 Å². The average Bonchev–Trinajstić information content (AvgIpc) is 2.09. The highest BCUT2D eigenvalue weighted by Gasteiger charge is 2.08. The second-order valence-electron chi connectivity index (χ2n) is 3.04. The van der Waals surface area contributed by atoms with Crippen LogP contribution >= 0.6 is 0 Å². The van der Waals surface area contributed by atoms with E-state index in [4.69, 9.17) is 4.74 Å². The van der Waals surface area contributed by atoms with Crippen molar-refractivity contribution in [2.75, 3.05) is 6.61 Å². The first-order chi connectivity index (χ1) is 6.15. The second-order valence-corrected chi connectivity index (χ2v) is 3.04. The van der Waals surface area contributed by atoms with Crippen molar-refractivity contribution >= 4 is 5.97 Å². The summed E-state index contributed by atoms with van der Waals surface area (Å²) in [6, 6.07) is 5.77. The molecule has 0 saturated heterocycles. The van der Waals surface area contributed by atoms with Crippen LogP contribution in [-0.2, 0) is 4.74 Å². The zero-order chi connectivity index (χ0) is 9.84. The third-order valence-corrected chi connectivity index (χ3v) is 1.89. The molecule has 0 fully saturated rings. The van der Waals surface area contributed by atoms with Gasteiger partial charge in [-0.15, -0.1) is 0 Å². The maximum atomic E-state index is 11.4.